The fourth-order valence-corrected chi connectivity index (χ4v) is 2.69. The Labute approximate surface area is 98.7 Å². The normalized spacial score (nSPS) is 11.0. The second-order valence-electron chi connectivity index (χ2n) is 3.75. The van der Waals surface area contributed by atoms with E-state index in [1.807, 2.05) is 20.9 Å². The molecule has 2 aromatic heterocycles. The van der Waals surface area contributed by atoms with Gasteiger partial charge in [-0.15, -0.1) is 10.2 Å². The Kier molecular flexibility index (Phi) is 3.07. The molecule has 2 aromatic rings. The highest BCUT2D eigenvalue weighted by Crippen LogP contribution is 2.33. The predicted octanol–water partition coefficient (Wildman–Crippen LogP) is 2.44. The maximum Gasteiger partial charge on any atom is 0.151 e. The van der Waals surface area contributed by atoms with Gasteiger partial charge in [-0.1, -0.05) is 11.3 Å². The monoisotopic (exact) mass is 237 g/mol. The van der Waals surface area contributed by atoms with Gasteiger partial charge in [-0.3, -0.25) is 0 Å². The van der Waals surface area contributed by atoms with Gasteiger partial charge >= 0.3 is 0 Å². The molecule has 0 unspecified atom stereocenters. The van der Waals surface area contributed by atoms with Crippen molar-refractivity contribution < 1.29 is 4.42 Å². The van der Waals surface area contributed by atoms with Gasteiger partial charge < -0.3 is 9.73 Å². The lowest BCUT2D eigenvalue weighted by atomic mass is 10.1. The molecule has 0 aliphatic rings. The number of aromatic nitrogens is 2. The fraction of sp³-hybridized carbons (Fsp3) is 0.455. The Hall–Kier alpha value is -1.20. The van der Waals surface area contributed by atoms with Gasteiger partial charge in [0, 0.05) is 12.1 Å². The van der Waals surface area contributed by atoms with Gasteiger partial charge in [0.05, 0.1) is 5.56 Å². The maximum absolute atomic E-state index is 5.59. The first-order valence-electron chi connectivity index (χ1n) is 5.17. The molecule has 0 spiro atoms. The minimum atomic E-state index is 0.757. The molecule has 2 rings (SSSR count). The molecular weight excluding hydrogens is 222 g/mol. The standard InChI is InChI=1S/C11H15N3OS/c1-6-7(2)15-8(3)10(6)11-14-13-9(16-11)5-12-4/h12H,5H2,1-4H3. The molecule has 0 amide bonds. The number of furan rings is 1. The van der Waals surface area contributed by atoms with E-state index in [1.54, 1.807) is 11.3 Å². The number of hydrogen-bond donors (Lipinski definition) is 1. The molecule has 0 aliphatic heterocycles. The molecule has 5 heteroatoms. The molecule has 86 valence electrons. The first kappa shape index (κ1) is 11.3. The van der Waals surface area contributed by atoms with Crippen LogP contribution in [-0.2, 0) is 6.54 Å². The van der Waals surface area contributed by atoms with Crippen molar-refractivity contribution >= 4 is 11.3 Å². The molecule has 4 nitrogen and oxygen atoms in total. The molecule has 1 N–H and O–H groups in total. The summed E-state index contributed by atoms with van der Waals surface area (Å²) in [5.41, 5.74) is 2.25. The Morgan fingerprint density at radius 1 is 1.19 bits per heavy atom. The summed E-state index contributed by atoms with van der Waals surface area (Å²) in [6.07, 6.45) is 0. The highest BCUT2D eigenvalue weighted by Gasteiger charge is 2.16. The van der Waals surface area contributed by atoms with E-state index in [1.165, 1.54) is 0 Å². The lowest BCUT2D eigenvalue weighted by Crippen LogP contribution is -2.04. The number of nitrogens with zero attached hydrogens (tertiary/aromatic N) is 2. The lowest BCUT2D eigenvalue weighted by molar-refractivity contribution is 0.503. The highest BCUT2D eigenvalue weighted by molar-refractivity contribution is 7.14. The number of nitrogens with one attached hydrogen (secondary N) is 1. The Morgan fingerprint density at radius 2 is 1.94 bits per heavy atom. The van der Waals surface area contributed by atoms with Crippen LogP contribution >= 0.6 is 11.3 Å². The fourth-order valence-electron chi connectivity index (χ4n) is 1.69. The summed E-state index contributed by atoms with van der Waals surface area (Å²) < 4.78 is 5.59. The molecule has 0 saturated carbocycles. The van der Waals surface area contributed by atoms with Gasteiger partial charge in [-0.2, -0.15) is 0 Å². The van der Waals surface area contributed by atoms with Crippen molar-refractivity contribution in [1.29, 1.82) is 0 Å². The lowest BCUT2D eigenvalue weighted by Gasteiger charge is -1.93. The zero-order valence-electron chi connectivity index (χ0n) is 9.92. The topological polar surface area (TPSA) is 51.0 Å². The van der Waals surface area contributed by atoms with Crippen molar-refractivity contribution in [3.8, 4) is 10.6 Å². The van der Waals surface area contributed by atoms with Crippen LogP contribution < -0.4 is 5.32 Å². The Bertz CT molecular complexity index is 501. The van der Waals surface area contributed by atoms with E-state index < -0.39 is 0 Å². The molecular formula is C11H15N3OS. The summed E-state index contributed by atoms with van der Waals surface area (Å²) in [6.45, 7) is 6.75. The summed E-state index contributed by atoms with van der Waals surface area (Å²) in [6, 6.07) is 0. The van der Waals surface area contributed by atoms with Gasteiger partial charge in [-0.05, 0) is 27.8 Å². The van der Waals surface area contributed by atoms with E-state index in [9.17, 15) is 0 Å². The average molecular weight is 237 g/mol. The second kappa shape index (κ2) is 4.35. The van der Waals surface area contributed by atoms with Crippen LogP contribution in [0.2, 0.25) is 0 Å². The van der Waals surface area contributed by atoms with Crippen LogP contribution in [0.15, 0.2) is 4.42 Å². The summed E-state index contributed by atoms with van der Waals surface area (Å²) in [4.78, 5) is 0. The smallest absolute Gasteiger partial charge is 0.151 e. The van der Waals surface area contributed by atoms with Crippen LogP contribution in [0.1, 0.15) is 22.1 Å². The van der Waals surface area contributed by atoms with E-state index in [0.717, 1.165) is 39.2 Å². The molecule has 2 heterocycles. The molecule has 0 bridgehead atoms. The summed E-state index contributed by atoms with van der Waals surface area (Å²) in [7, 11) is 1.90. The summed E-state index contributed by atoms with van der Waals surface area (Å²) in [5, 5.41) is 13.4. The number of rotatable bonds is 3. The quantitative estimate of drug-likeness (QED) is 0.890. The SMILES string of the molecule is CNCc1nnc(-c2c(C)oc(C)c2C)s1. The van der Waals surface area contributed by atoms with Crippen LogP contribution in [0.3, 0.4) is 0 Å². The summed E-state index contributed by atoms with van der Waals surface area (Å²) >= 11 is 1.61. The van der Waals surface area contributed by atoms with Gasteiger partial charge in [0.1, 0.15) is 16.5 Å². The van der Waals surface area contributed by atoms with Crippen LogP contribution in [0, 0.1) is 20.8 Å². The predicted molar refractivity (Wildman–Crippen MR) is 64.6 cm³/mol. The van der Waals surface area contributed by atoms with Crippen molar-refractivity contribution in [2.45, 2.75) is 27.3 Å². The van der Waals surface area contributed by atoms with Crippen molar-refractivity contribution in [2.75, 3.05) is 7.05 Å². The van der Waals surface area contributed by atoms with E-state index in [4.69, 9.17) is 4.42 Å². The Balaban J connectivity index is 2.42. The first-order valence-corrected chi connectivity index (χ1v) is 5.99. The van der Waals surface area contributed by atoms with Crippen LogP contribution in [0.5, 0.6) is 0 Å². The number of hydrogen-bond acceptors (Lipinski definition) is 5. The first-order chi connectivity index (χ1) is 7.63. The van der Waals surface area contributed by atoms with Crippen LogP contribution in [-0.4, -0.2) is 17.2 Å². The van der Waals surface area contributed by atoms with Gasteiger partial charge in [0.15, 0.2) is 5.01 Å². The van der Waals surface area contributed by atoms with Crippen molar-refractivity contribution in [1.82, 2.24) is 15.5 Å². The molecule has 0 aromatic carbocycles. The third kappa shape index (κ3) is 1.88. The molecule has 0 aliphatic carbocycles. The van der Waals surface area contributed by atoms with E-state index >= 15 is 0 Å². The number of aryl methyl sites for hydroxylation is 2. The summed E-state index contributed by atoms with van der Waals surface area (Å²) in [5.74, 6) is 1.88. The minimum Gasteiger partial charge on any atom is -0.466 e. The zero-order valence-corrected chi connectivity index (χ0v) is 10.7. The van der Waals surface area contributed by atoms with E-state index in [2.05, 4.69) is 22.4 Å². The largest absolute Gasteiger partial charge is 0.466 e. The van der Waals surface area contributed by atoms with Crippen molar-refractivity contribution in [3.63, 3.8) is 0 Å². The van der Waals surface area contributed by atoms with Crippen LogP contribution in [0.4, 0.5) is 0 Å². The van der Waals surface area contributed by atoms with Crippen LogP contribution in [0.25, 0.3) is 10.6 Å². The van der Waals surface area contributed by atoms with E-state index in [-0.39, 0.29) is 0 Å². The average Bonchev–Trinajstić information content (AvgIpc) is 2.75. The zero-order chi connectivity index (χ0) is 11.7. The molecule has 16 heavy (non-hydrogen) atoms. The third-order valence-corrected chi connectivity index (χ3v) is 3.51. The third-order valence-electron chi connectivity index (χ3n) is 2.57. The van der Waals surface area contributed by atoms with Gasteiger partial charge in [-0.25, -0.2) is 0 Å². The van der Waals surface area contributed by atoms with Gasteiger partial charge in [0.25, 0.3) is 0 Å². The Morgan fingerprint density at radius 3 is 2.50 bits per heavy atom. The van der Waals surface area contributed by atoms with Crippen molar-refractivity contribution in [3.05, 3.63) is 22.1 Å². The van der Waals surface area contributed by atoms with E-state index in [0.29, 0.717) is 0 Å². The minimum absolute atomic E-state index is 0.757. The maximum atomic E-state index is 5.59. The molecule has 0 atom stereocenters. The highest BCUT2D eigenvalue weighted by atomic mass is 32.1. The van der Waals surface area contributed by atoms with Crippen molar-refractivity contribution in [2.24, 2.45) is 0 Å². The molecule has 0 radical (unpaired) electrons. The molecule has 0 fully saturated rings. The molecule has 0 saturated heterocycles. The second-order valence-corrected chi connectivity index (χ2v) is 4.81. The van der Waals surface area contributed by atoms with Gasteiger partial charge in [0.2, 0.25) is 0 Å².